The van der Waals surface area contributed by atoms with Crippen LogP contribution in [0.2, 0.25) is 0 Å². The molecule has 1 aliphatic carbocycles. The molecule has 0 amide bonds. The summed E-state index contributed by atoms with van der Waals surface area (Å²) in [6.07, 6.45) is 2.36. The third kappa shape index (κ3) is 4.11. The molecule has 2 aromatic carbocycles. The second kappa shape index (κ2) is 7.53. The minimum Gasteiger partial charge on any atom is -0.497 e. The summed E-state index contributed by atoms with van der Waals surface area (Å²) in [5, 5.41) is 6.73. The Morgan fingerprint density at radius 3 is 2.44 bits per heavy atom. The molecule has 6 heteroatoms. The van der Waals surface area contributed by atoms with E-state index in [4.69, 9.17) is 14.5 Å². The van der Waals surface area contributed by atoms with Crippen LogP contribution < -0.4 is 20.1 Å². The third-order valence-electron chi connectivity index (χ3n) is 4.38. The highest BCUT2D eigenvalue weighted by Crippen LogP contribution is 2.32. The zero-order valence-corrected chi connectivity index (χ0v) is 15.4. The van der Waals surface area contributed by atoms with Gasteiger partial charge in [0.25, 0.3) is 0 Å². The average Bonchev–Trinajstić information content (AvgIpc) is 3.52. The van der Waals surface area contributed by atoms with Gasteiger partial charge in [-0.25, -0.2) is 4.98 Å². The summed E-state index contributed by atoms with van der Waals surface area (Å²) in [6.45, 7) is 0. The van der Waals surface area contributed by atoms with Crippen LogP contribution in [-0.4, -0.2) is 30.2 Å². The Hall–Kier alpha value is -3.28. The lowest BCUT2D eigenvalue weighted by molar-refractivity contribution is 0.405. The molecule has 1 saturated carbocycles. The Morgan fingerprint density at radius 1 is 0.926 bits per heavy atom. The molecule has 4 rings (SSSR count). The standard InChI is InChI=1S/C21H22N4O2/c1-26-16-10-11-19(27-2)18(12-16)24-21-23-17(14-6-4-3-5-7-14)13-20(25-21)22-15-8-9-15/h3-7,10-13,15H,8-9H2,1-2H3,(H2,22,23,24,25). The lowest BCUT2D eigenvalue weighted by atomic mass is 10.1. The van der Waals surface area contributed by atoms with E-state index in [1.807, 2.05) is 54.6 Å². The van der Waals surface area contributed by atoms with Crippen molar-refractivity contribution in [1.82, 2.24) is 9.97 Å². The fourth-order valence-electron chi connectivity index (χ4n) is 2.80. The second-order valence-electron chi connectivity index (χ2n) is 6.44. The van der Waals surface area contributed by atoms with Crippen LogP contribution in [0.3, 0.4) is 0 Å². The smallest absolute Gasteiger partial charge is 0.229 e. The topological polar surface area (TPSA) is 68.3 Å². The first-order valence-electron chi connectivity index (χ1n) is 8.95. The van der Waals surface area contributed by atoms with Crippen LogP contribution in [0.4, 0.5) is 17.5 Å². The molecule has 0 aliphatic heterocycles. The monoisotopic (exact) mass is 362 g/mol. The maximum absolute atomic E-state index is 5.45. The largest absolute Gasteiger partial charge is 0.497 e. The predicted octanol–water partition coefficient (Wildman–Crippen LogP) is 4.48. The van der Waals surface area contributed by atoms with E-state index in [2.05, 4.69) is 15.6 Å². The number of rotatable bonds is 7. The number of ether oxygens (including phenoxy) is 2. The van der Waals surface area contributed by atoms with Crippen molar-refractivity contribution in [3.05, 3.63) is 54.6 Å². The first-order chi connectivity index (χ1) is 13.2. The summed E-state index contributed by atoms with van der Waals surface area (Å²) in [6, 6.07) is 18.1. The molecule has 1 heterocycles. The molecule has 1 fully saturated rings. The average molecular weight is 362 g/mol. The van der Waals surface area contributed by atoms with E-state index in [9.17, 15) is 0 Å². The maximum Gasteiger partial charge on any atom is 0.229 e. The number of nitrogens with zero attached hydrogens (tertiary/aromatic N) is 2. The molecule has 3 aromatic rings. The quantitative estimate of drug-likeness (QED) is 0.646. The summed E-state index contributed by atoms with van der Waals surface area (Å²) in [4.78, 5) is 9.33. The summed E-state index contributed by atoms with van der Waals surface area (Å²) >= 11 is 0. The van der Waals surface area contributed by atoms with E-state index < -0.39 is 0 Å². The molecule has 0 radical (unpaired) electrons. The molecule has 2 N–H and O–H groups in total. The maximum atomic E-state index is 5.45. The van der Waals surface area contributed by atoms with Crippen LogP contribution in [0.5, 0.6) is 11.5 Å². The van der Waals surface area contributed by atoms with Crippen LogP contribution in [0.15, 0.2) is 54.6 Å². The Bertz CT molecular complexity index is 927. The lowest BCUT2D eigenvalue weighted by Gasteiger charge is -2.14. The summed E-state index contributed by atoms with van der Waals surface area (Å²) < 4.78 is 10.8. The van der Waals surface area contributed by atoms with Crippen LogP contribution in [0.1, 0.15) is 12.8 Å². The van der Waals surface area contributed by atoms with E-state index in [-0.39, 0.29) is 0 Å². The number of hydrogen-bond acceptors (Lipinski definition) is 6. The Kier molecular flexibility index (Phi) is 4.78. The summed E-state index contributed by atoms with van der Waals surface area (Å²) in [5.74, 6) is 2.75. The molecule has 6 nitrogen and oxygen atoms in total. The molecule has 1 aliphatic rings. The Labute approximate surface area is 158 Å². The number of benzene rings is 2. The van der Waals surface area contributed by atoms with Crippen LogP contribution >= 0.6 is 0 Å². The van der Waals surface area contributed by atoms with Gasteiger partial charge in [0, 0.05) is 23.7 Å². The number of anilines is 3. The molecule has 138 valence electrons. The van der Waals surface area contributed by atoms with Crippen molar-refractivity contribution in [2.45, 2.75) is 18.9 Å². The van der Waals surface area contributed by atoms with Gasteiger partial charge in [-0.2, -0.15) is 4.98 Å². The molecule has 1 aromatic heterocycles. The van der Waals surface area contributed by atoms with Crippen molar-refractivity contribution in [1.29, 1.82) is 0 Å². The Balaban J connectivity index is 1.71. The minimum atomic E-state index is 0.503. The van der Waals surface area contributed by atoms with Crippen LogP contribution in [0.25, 0.3) is 11.3 Å². The van der Waals surface area contributed by atoms with E-state index in [0.717, 1.165) is 28.5 Å². The second-order valence-corrected chi connectivity index (χ2v) is 6.44. The van der Waals surface area contributed by atoms with Gasteiger partial charge in [0.15, 0.2) is 0 Å². The highest BCUT2D eigenvalue weighted by atomic mass is 16.5. The minimum absolute atomic E-state index is 0.503. The zero-order valence-electron chi connectivity index (χ0n) is 15.4. The molecule has 27 heavy (non-hydrogen) atoms. The van der Waals surface area contributed by atoms with Crippen molar-refractivity contribution < 1.29 is 9.47 Å². The van der Waals surface area contributed by atoms with Crippen molar-refractivity contribution in [2.75, 3.05) is 24.9 Å². The van der Waals surface area contributed by atoms with Gasteiger partial charge in [-0.3, -0.25) is 0 Å². The van der Waals surface area contributed by atoms with Gasteiger partial charge in [-0.15, -0.1) is 0 Å². The third-order valence-corrected chi connectivity index (χ3v) is 4.38. The lowest BCUT2D eigenvalue weighted by Crippen LogP contribution is -2.07. The van der Waals surface area contributed by atoms with Crippen LogP contribution in [-0.2, 0) is 0 Å². The van der Waals surface area contributed by atoms with Crippen LogP contribution in [0, 0.1) is 0 Å². The molecule has 0 spiro atoms. The fraction of sp³-hybridized carbons (Fsp3) is 0.238. The highest BCUT2D eigenvalue weighted by molar-refractivity contribution is 5.69. The van der Waals surface area contributed by atoms with Crippen molar-refractivity contribution in [3.63, 3.8) is 0 Å². The number of methoxy groups -OCH3 is 2. The number of aromatic nitrogens is 2. The normalized spacial score (nSPS) is 13.1. The van der Waals surface area contributed by atoms with E-state index in [1.54, 1.807) is 14.2 Å². The molecular weight excluding hydrogens is 340 g/mol. The van der Waals surface area contributed by atoms with E-state index >= 15 is 0 Å². The van der Waals surface area contributed by atoms with Gasteiger partial charge in [0.2, 0.25) is 5.95 Å². The molecule has 0 atom stereocenters. The SMILES string of the molecule is COc1ccc(OC)c(Nc2nc(NC3CC3)cc(-c3ccccc3)n2)c1. The molecular formula is C21H22N4O2. The summed E-state index contributed by atoms with van der Waals surface area (Å²) in [7, 11) is 3.27. The predicted molar refractivity (Wildman–Crippen MR) is 107 cm³/mol. The van der Waals surface area contributed by atoms with E-state index in [1.165, 1.54) is 12.8 Å². The zero-order chi connectivity index (χ0) is 18.6. The van der Waals surface area contributed by atoms with Crippen molar-refractivity contribution in [2.24, 2.45) is 0 Å². The van der Waals surface area contributed by atoms with Gasteiger partial charge in [0.05, 0.1) is 25.6 Å². The van der Waals surface area contributed by atoms with Gasteiger partial charge >= 0.3 is 0 Å². The van der Waals surface area contributed by atoms with Gasteiger partial charge in [-0.1, -0.05) is 30.3 Å². The fourth-order valence-corrected chi connectivity index (χ4v) is 2.80. The van der Waals surface area contributed by atoms with Gasteiger partial charge < -0.3 is 20.1 Å². The molecule has 0 bridgehead atoms. The molecule has 0 saturated heterocycles. The van der Waals surface area contributed by atoms with Crippen molar-refractivity contribution >= 4 is 17.5 Å². The molecule has 0 unspecified atom stereocenters. The first-order valence-corrected chi connectivity index (χ1v) is 8.95. The summed E-state index contributed by atoms with van der Waals surface area (Å²) in [5.41, 5.74) is 2.65. The van der Waals surface area contributed by atoms with E-state index in [0.29, 0.717) is 17.7 Å². The van der Waals surface area contributed by atoms with Gasteiger partial charge in [-0.05, 0) is 25.0 Å². The van der Waals surface area contributed by atoms with Gasteiger partial charge in [0.1, 0.15) is 17.3 Å². The highest BCUT2D eigenvalue weighted by Gasteiger charge is 2.22. The number of hydrogen-bond donors (Lipinski definition) is 2. The first kappa shape index (κ1) is 17.1. The Morgan fingerprint density at radius 2 is 1.74 bits per heavy atom. The van der Waals surface area contributed by atoms with Crippen molar-refractivity contribution in [3.8, 4) is 22.8 Å². The number of nitrogens with one attached hydrogen (secondary N) is 2.